The molecule has 7 heteroatoms. The standard InChI is InChI=1S/C13H23N3O4/c1-14(2)13(20)15-5-3-9(4-6-15)12(19)16-7-10(17)11(18)8-16/h9-11,17-18H,3-8H2,1-2H3. The molecule has 0 aromatic heterocycles. The van der Waals surface area contributed by atoms with E-state index in [2.05, 4.69) is 0 Å². The number of likely N-dealkylation sites (tertiary alicyclic amines) is 2. The maximum absolute atomic E-state index is 12.3. The summed E-state index contributed by atoms with van der Waals surface area (Å²) in [4.78, 5) is 28.9. The number of amides is 3. The minimum absolute atomic E-state index is 0.0162. The number of hydrogen-bond acceptors (Lipinski definition) is 4. The zero-order valence-electron chi connectivity index (χ0n) is 12.0. The highest BCUT2D eigenvalue weighted by molar-refractivity contribution is 5.80. The van der Waals surface area contributed by atoms with Crippen molar-refractivity contribution >= 4 is 11.9 Å². The lowest BCUT2D eigenvalue weighted by atomic mass is 9.95. The predicted molar refractivity (Wildman–Crippen MR) is 72.0 cm³/mol. The summed E-state index contributed by atoms with van der Waals surface area (Å²) in [6, 6.07) is -0.0251. The molecular formula is C13H23N3O4. The molecule has 114 valence electrons. The molecule has 0 aliphatic carbocycles. The lowest BCUT2D eigenvalue weighted by Gasteiger charge is -2.34. The molecule has 2 fully saturated rings. The van der Waals surface area contributed by atoms with Crippen LogP contribution in [-0.2, 0) is 4.79 Å². The molecule has 0 spiro atoms. The number of hydrogen-bond donors (Lipinski definition) is 2. The topological polar surface area (TPSA) is 84.3 Å². The van der Waals surface area contributed by atoms with Crippen LogP contribution in [0.4, 0.5) is 4.79 Å². The molecule has 3 amide bonds. The Balaban J connectivity index is 1.85. The van der Waals surface area contributed by atoms with Crippen LogP contribution in [0.3, 0.4) is 0 Å². The first-order valence-corrected chi connectivity index (χ1v) is 7.01. The number of carbonyl (C=O) groups excluding carboxylic acids is 2. The maximum Gasteiger partial charge on any atom is 0.319 e. The molecule has 0 aromatic rings. The lowest BCUT2D eigenvalue weighted by Crippen LogP contribution is -2.47. The van der Waals surface area contributed by atoms with E-state index in [-0.39, 0.29) is 30.9 Å². The summed E-state index contributed by atoms with van der Waals surface area (Å²) in [6.45, 7) is 1.56. The molecule has 0 bridgehead atoms. The van der Waals surface area contributed by atoms with Gasteiger partial charge in [0.25, 0.3) is 0 Å². The van der Waals surface area contributed by atoms with Crippen LogP contribution in [0.1, 0.15) is 12.8 Å². The van der Waals surface area contributed by atoms with Gasteiger partial charge in [-0.3, -0.25) is 4.79 Å². The minimum Gasteiger partial charge on any atom is -0.388 e. The van der Waals surface area contributed by atoms with Crippen LogP contribution >= 0.6 is 0 Å². The Labute approximate surface area is 118 Å². The van der Waals surface area contributed by atoms with Gasteiger partial charge in [0.05, 0.1) is 12.2 Å². The van der Waals surface area contributed by atoms with Gasteiger partial charge in [-0.05, 0) is 12.8 Å². The van der Waals surface area contributed by atoms with Crippen molar-refractivity contribution in [2.75, 3.05) is 40.3 Å². The summed E-state index contributed by atoms with van der Waals surface area (Å²) in [5.74, 6) is -0.128. The molecule has 7 nitrogen and oxygen atoms in total. The average molecular weight is 285 g/mol. The van der Waals surface area contributed by atoms with Crippen LogP contribution < -0.4 is 0 Å². The van der Waals surface area contributed by atoms with Crippen LogP contribution in [0, 0.1) is 5.92 Å². The minimum atomic E-state index is -0.839. The number of piperidine rings is 1. The fraction of sp³-hybridized carbons (Fsp3) is 0.846. The fourth-order valence-electron chi connectivity index (χ4n) is 2.81. The van der Waals surface area contributed by atoms with Crippen molar-refractivity contribution in [2.45, 2.75) is 25.0 Å². The molecule has 2 aliphatic heterocycles. The van der Waals surface area contributed by atoms with Gasteiger partial charge < -0.3 is 24.9 Å². The monoisotopic (exact) mass is 285 g/mol. The fourth-order valence-corrected chi connectivity index (χ4v) is 2.81. The Morgan fingerprint density at radius 3 is 1.95 bits per heavy atom. The molecule has 2 rings (SSSR count). The Morgan fingerprint density at radius 2 is 1.50 bits per heavy atom. The van der Waals surface area contributed by atoms with Crippen LogP contribution in [-0.4, -0.2) is 89.3 Å². The molecule has 2 atom stereocenters. The van der Waals surface area contributed by atoms with Crippen molar-refractivity contribution in [1.82, 2.24) is 14.7 Å². The number of nitrogens with zero attached hydrogens (tertiary/aromatic N) is 3. The third kappa shape index (κ3) is 3.04. The van der Waals surface area contributed by atoms with E-state index < -0.39 is 12.2 Å². The first-order valence-electron chi connectivity index (χ1n) is 7.01. The number of carbonyl (C=O) groups is 2. The third-order valence-corrected chi connectivity index (χ3v) is 4.07. The highest BCUT2D eigenvalue weighted by Gasteiger charge is 2.37. The molecule has 2 unspecified atom stereocenters. The molecule has 2 heterocycles. The molecule has 0 saturated carbocycles. The Hall–Kier alpha value is -1.34. The van der Waals surface area contributed by atoms with E-state index in [0.29, 0.717) is 25.9 Å². The van der Waals surface area contributed by atoms with Gasteiger partial charge in [-0.15, -0.1) is 0 Å². The summed E-state index contributed by atoms with van der Waals surface area (Å²) in [5.41, 5.74) is 0. The third-order valence-electron chi connectivity index (χ3n) is 4.07. The van der Waals surface area contributed by atoms with E-state index in [9.17, 15) is 19.8 Å². The molecule has 0 radical (unpaired) electrons. The van der Waals surface area contributed by atoms with E-state index in [0.717, 1.165) is 0 Å². The largest absolute Gasteiger partial charge is 0.388 e. The molecule has 2 N–H and O–H groups in total. The summed E-state index contributed by atoms with van der Waals surface area (Å²) in [6.07, 6.45) is -0.397. The zero-order chi connectivity index (χ0) is 14.9. The summed E-state index contributed by atoms with van der Waals surface area (Å²) >= 11 is 0. The highest BCUT2D eigenvalue weighted by Crippen LogP contribution is 2.22. The van der Waals surface area contributed by atoms with Gasteiger partial charge in [-0.1, -0.05) is 0 Å². The lowest BCUT2D eigenvalue weighted by molar-refractivity contribution is -0.136. The molecular weight excluding hydrogens is 262 g/mol. The number of β-amino-alcohol motifs (C(OH)–C–C–N with tert-alkyl or cyclic N) is 2. The van der Waals surface area contributed by atoms with Crippen LogP contribution in [0.5, 0.6) is 0 Å². The second-order valence-corrected chi connectivity index (χ2v) is 5.82. The van der Waals surface area contributed by atoms with Crippen molar-refractivity contribution in [1.29, 1.82) is 0 Å². The van der Waals surface area contributed by atoms with E-state index >= 15 is 0 Å². The van der Waals surface area contributed by atoms with E-state index in [1.54, 1.807) is 19.0 Å². The van der Waals surface area contributed by atoms with E-state index in [4.69, 9.17) is 0 Å². The molecule has 2 saturated heterocycles. The number of urea groups is 1. The molecule has 20 heavy (non-hydrogen) atoms. The maximum atomic E-state index is 12.3. The molecule has 2 aliphatic rings. The average Bonchev–Trinajstić information content (AvgIpc) is 2.77. The normalized spacial score (nSPS) is 27.8. The second kappa shape index (κ2) is 5.97. The Morgan fingerprint density at radius 1 is 1.00 bits per heavy atom. The summed E-state index contributed by atoms with van der Waals surface area (Å²) in [5, 5.41) is 19.0. The van der Waals surface area contributed by atoms with Crippen molar-refractivity contribution in [3.8, 4) is 0 Å². The zero-order valence-corrected chi connectivity index (χ0v) is 12.0. The van der Waals surface area contributed by atoms with Crippen molar-refractivity contribution < 1.29 is 19.8 Å². The summed E-state index contributed by atoms with van der Waals surface area (Å²) in [7, 11) is 3.43. The Bertz CT molecular complexity index is 370. The van der Waals surface area contributed by atoms with E-state index in [1.807, 2.05) is 0 Å². The van der Waals surface area contributed by atoms with E-state index in [1.165, 1.54) is 9.80 Å². The van der Waals surface area contributed by atoms with Crippen molar-refractivity contribution in [2.24, 2.45) is 5.92 Å². The number of aliphatic hydroxyl groups is 2. The Kier molecular flexibility index (Phi) is 4.49. The predicted octanol–water partition coefficient (Wildman–Crippen LogP) is -1.06. The number of aliphatic hydroxyl groups excluding tert-OH is 2. The molecule has 0 aromatic carbocycles. The van der Waals surface area contributed by atoms with Crippen molar-refractivity contribution in [3.63, 3.8) is 0 Å². The summed E-state index contributed by atoms with van der Waals surface area (Å²) < 4.78 is 0. The van der Waals surface area contributed by atoms with Gasteiger partial charge in [0.2, 0.25) is 5.91 Å². The quantitative estimate of drug-likeness (QED) is 0.643. The van der Waals surface area contributed by atoms with Crippen LogP contribution in [0.15, 0.2) is 0 Å². The van der Waals surface area contributed by atoms with Gasteiger partial charge >= 0.3 is 6.03 Å². The van der Waals surface area contributed by atoms with Crippen molar-refractivity contribution in [3.05, 3.63) is 0 Å². The van der Waals surface area contributed by atoms with Gasteiger partial charge in [-0.25, -0.2) is 4.79 Å². The first kappa shape index (κ1) is 15.1. The highest BCUT2D eigenvalue weighted by atomic mass is 16.3. The first-order chi connectivity index (χ1) is 9.40. The van der Waals surface area contributed by atoms with Gasteiger partial charge in [0.15, 0.2) is 0 Å². The van der Waals surface area contributed by atoms with Gasteiger partial charge in [0, 0.05) is 46.2 Å². The van der Waals surface area contributed by atoms with Gasteiger partial charge in [-0.2, -0.15) is 0 Å². The SMILES string of the molecule is CN(C)C(=O)N1CCC(C(=O)N2CC(O)C(O)C2)CC1. The van der Waals surface area contributed by atoms with Gasteiger partial charge in [0.1, 0.15) is 0 Å². The van der Waals surface area contributed by atoms with Crippen LogP contribution in [0.2, 0.25) is 0 Å². The number of rotatable bonds is 1. The smallest absolute Gasteiger partial charge is 0.319 e. The van der Waals surface area contributed by atoms with Crippen LogP contribution in [0.25, 0.3) is 0 Å². The second-order valence-electron chi connectivity index (χ2n) is 5.82.